The zero-order valence-corrected chi connectivity index (χ0v) is 12.0. The van der Waals surface area contributed by atoms with Crippen molar-refractivity contribution >= 4 is 34.7 Å². The molecule has 1 aromatic carbocycles. The SMILES string of the molecule is CC(CI)(NC(=O)OCc1ccccc1)C(=O)O. The van der Waals surface area contributed by atoms with E-state index in [0.717, 1.165) is 5.56 Å². The third-order valence-corrected chi connectivity index (χ3v) is 3.86. The lowest BCUT2D eigenvalue weighted by Gasteiger charge is -2.23. The zero-order valence-electron chi connectivity index (χ0n) is 9.85. The molecule has 0 aliphatic carbocycles. The number of carboxylic acid groups (broad SMARTS) is 1. The number of halogens is 1. The number of alkyl carbamates (subject to hydrolysis) is 1. The van der Waals surface area contributed by atoms with E-state index in [9.17, 15) is 9.59 Å². The van der Waals surface area contributed by atoms with Crippen molar-refractivity contribution in [1.82, 2.24) is 5.32 Å². The molecule has 1 unspecified atom stereocenters. The van der Waals surface area contributed by atoms with Gasteiger partial charge in [0.2, 0.25) is 0 Å². The largest absolute Gasteiger partial charge is 0.479 e. The molecule has 0 saturated carbocycles. The molecule has 0 spiro atoms. The Morgan fingerprint density at radius 2 is 2.00 bits per heavy atom. The fraction of sp³-hybridized carbons (Fsp3) is 0.333. The minimum Gasteiger partial charge on any atom is -0.479 e. The van der Waals surface area contributed by atoms with Gasteiger partial charge < -0.3 is 15.2 Å². The summed E-state index contributed by atoms with van der Waals surface area (Å²) in [5.74, 6) is -1.09. The maximum absolute atomic E-state index is 11.5. The average molecular weight is 363 g/mol. The van der Waals surface area contributed by atoms with Crippen molar-refractivity contribution in [2.24, 2.45) is 0 Å². The summed E-state index contributed by atoms with van der Waals surface area (Å²) in [4.78, 5) is 22.5. The van der Waals surface area contributed by atoms with Crippen LogP contribution in [0.2, 0.25) is 0 Å². The summed E-state index contributed by atoms with van der Waals surface area (Å²) >= 11 is 1.90. The highest BCUT2D eigenvalue weighted by Gasteiger charge is 2.34. The van der Waals surface area contributed by atoms with Gasteiger partial charge >= 0.3 is 12.1 Å². The minimum atomic E-state index is -1.31. The van der Waals surface area contributed by atoms with E-state index in [-0.39, 0.29) is 11.0 Å². The molecule has 1 atom stereocenters. The molecule has 0 aliphatic heterocycles. The zero-order chi connectivity index (χ0) is 13.6. The van der Waals surface area contributed by atoms with Crippen molar-refractivity contribution in [1.29, 1.82) is 0 Å². The third-order valence-electron chi connectivity index (χ3n) is 2.33. The van der Waals surface area contributed by atoms with Crippen LogP contribution in [0.4, 0.5) is 4.79 Å². The van der Waals surface area contributed by atoms with Gasteiger partial charge in [-0.3, -0.25) is 0 Å². The Morgan fingerprint density at radius 3 is 2.50 bits per heavy atom. The molecule has 0 fully saturated rings. The first-order chi connectivity index (χ1) is 8.48. The number of benzene rings is 1. The van der Waals surface area contributed by atoms with E-state index in [1.807, 2.05) is 52.9 Å². The first-order valence-corrected chi connectivity index (χ1v) is 6.79. The maximum atomic E-state index is 11.5. The number of aliphatic carboxylic acids is 1. The fourth-order valence-electron chi connectivity index (χ4n) is 1.13. The minimum absolute atomic E-state index is 0.115. The Hall–Kier alpha value is -1.31. The molecule has 98 valence electrons. The normalized spacial score (nSPS) is 13.4. The first-order valence-electron chi connectivity index (χ1n) is 5.26. The van der Waals surface area contributed by atoms with E-state index in [4.69, 9.17) is 9.84 Å². The van der Waals surface area contributed by atoms with Crippen LogP contribution in [0, 0.1) is 0 Å². The second-order valence-electron chi connectivity index (χ2n) is 3.96. The summed E-state index contributed by atoms with van der Waals surface area (Å²) < 4.78 is 5.21. The van der Waals surface area contributed by atoms with Crippen LogP contribution in [0.15, 0.2) is 30.3 Å². The number of carbonyl (C=O) groups is 2. The van der Waals surface area contributed by atoms with Gasteiger partial charge in [0, 0.05) is 4.43 Å². The second kappa shape index (κ2) is 6.58. The molecule has 2 N–H and O–H groups in total. The summed E-state index contributed by atoms with van der Waals surface area (Å²) in [5, 5.41) is 11.3. The summed E-state index contributed by atoms with van der Waals surface area (Å²) in [6.45, 7) is 1.55. The molecule has 0 bridgehead atoms. The predicted octanol–water partition coefficient (Wildman–Crippen LogP) is 2.19. The van der Waals surface area contributed by atoms with E-state index >= 15 is 0 Å². The van der Waals surface area contributed by atoms with Crippen LogP contribution in [0.5, 0.6) is 0 Å². The molecule has 0 saturated heterocycles. The van der Waals surface area contributed by atoms with Gasteiger partial charge in [-0.2, -0.15) is 0 Å². The van der Waals surface area contributed by atoms with E-state index in [0.29, 0.717) is 0 Å². The number of carboxylic acids is 1. The van der Waals surface area contributed by atoms with Gasteiger partial charge in [-0.1, -0.05) is 52.9 Å². The van der Waals surface area contributed by atoms with E-state index in [1.165, 1.54) is 6.92 Å². The average Bonchev–Trinajstić information content (AvgIpc) is 2.37. The summed E-state index contributed by atoms with van der Waals surface area (Å²) in [6, 6.07) is 9.18. The van der Waals surface area contributed by atoms with Gasteiger partial charge in [0.05, 0.1) is 0 Å². The van der Waals surface area contributed by atoms with Crippen molar-refractivity contribution in [2.45, 2.75) is 19.1 Å². The van der Waals surface area contributed by atoms with Crippen LogP contribution in [0.3, 0.4) is 0 Å². The van der Waals surface area contributed by atoms with Crippen molar-refractivity contribution in [2.75, 3.05) is 4.43 Å². The number of carbonyl (C=O) groups excluding carboxylic acids is 1. The highest BCUT2D eigenvalue weighted by atomic mass is 127. The second-order valence-corrected chi connectivity index (χ2v) is 4.72. The molecule has 0 aliphatic rings. The fourth-order valence-corrected chi connectivity index (χ4v) is 1.65. The van der Waals surface area contributed by atoms with Gasteiger partial charge in [0.25, 0.3) is 0 Å². The number of hydrogen-bond donors (Lipinski definition) is 2. The van der Waals surface area contributed by atoms with Crippen LogP contribution in [0.1, 0.15) is 12.5 Å². The summed E-state index contributed by atoms with van der Waals surface area (Å²) in [5.41, 5.74) is -0.465. The van der Waals surface area contributed by atoms with Gasteiger partial charge in [-0.05, 0) is 12.5 Å². The third kappa shape index (κ3) is 4.17. The topological polar surface area (TPSA) is 75.6 Å². The van der Waals surface area contributed by atoms with Crippen molar-refractivity contribution < 1.29 is 19.4 Å². The smallest absolute Gasteiger partial charge is 0.408 e. The van der Waals surface area contributed by atoms with Gasteiger partial charge in [-0.15, -0.1) is 0 Å². The number of nitrogens with one attached hydrogen (secondary N) is 1. The lowest BCUT2D eigenvalue weighted by atomic mass is 10.1. The summed E-state index contributed by atoms with van der Waals surface area (Å²) in [6.07, 6.45) is -0.736. The molecule has 1 aromatic rings. The molecular weight excluding hydrogens is 349 g/mol. The molecule has 5 nitrogen and oxygen atoms in total. The first kappa shape index (κ1) is 14.7. The van der Waals surface area contributed by atoms with Crippen LogP contribution in [-0.2, 0) is 16.1 Å². The lowest BCUT2D eigenvalue weighted by Crippen LogP contribution is -2.53. The monoisotopic (exact) mass is 363 g/mol. The Balaban J connectivity index is 2.49. The highest BCUT2D eigenvalue weighted by molar-refractivity contribution is 14.1. The van der Waals surface area contributed by atoms with Crippen molar-refractivity contribution in [3.8, 4) is 0 Å². The van der Waals surface area contributed by atoms with E-state index < -0.39 is 17.6 Å². The standard InChI is InChI=1S/C12H14INO4/c1-12(8-13,10(15)16)14-11(17)18-7-9-5-3-2-4-6-9/h2-6H,7-8H2,1H3,(H,14,17)(H,15,16). The van der Waals surface area contributed by atoms with Crippen molar-refractivity contribution in [3.63, 3.8) is 0 Å². The number of alkyl halides is 1. The van der Waals surface area contributed by atoms with Crippen molar-refractivity contribution in [3.05, 3.63) is 35.9 Å². The Kier molecular flexibility index (Phi) is 5.39. The predicted molar refractivity (Wildman–Crippen MR) is 74.7 cm³/mol. The van der Waals surface area contributed by atoms with Gasteiger partial charge in [0.15, 0.2) is 0 Å². The number of ether oxygens (including phenoxy) is 1. The molecule has 1 amide bonds. The van der Waals surface area contributed by atoms with E-state index in [2.05, 4.69) is 5.32 Å². The van der Waals surface area contributed by atoms with Crippen LogP contribution in [0.25, 0.3) is 0 Å². The molecular formula is C12H14INO4. The van der Waals surface area contributed by atoms with E-state index in [1.54, 1.807) is 0 Å². The Bertz CT molecular complexity index is 423. The molecule has 0 aromatic heterocycles. The van der Waals surface area contributed by atoms with Crippen LogP contribution < -0.4 is 5.32 Å². The summed E-state index contributed by atoms with van der Waals surface area (Å²) in [7, 11) is 0. The maximum Gasteiger partial charge on any atom is 0.408 e. The molecule has 0 heterocycles. The Labute approximate surface area is 119 Å². The molecule has 1 rings (SSSR count). The van der Waals surface area contributed by atoms with Gasteiger partial charge in [0.1, 0.15) is 12.1 Å². The van der Waals surface area contributed by atoms with Crippen LogP contribution in [-0.4, -0.2) is 27.1 Å². The highest BCUT2D eigenvalue weighted by Crippen LogP contribution is 2.09. The number of hydrogen-bond acceptors (Lipinski definition) is 3. The van der Waals surface area contributed by atoms with Gasteiger partial charge in [-0.25, -0.2) is 9.59 Å². The molecule has 18 heavy (non-hydrogen) atoms. The molecule has 6 heteroatoms. The van der Waals surface area contributed by atoms with Crippen LogP contribution >= 0.6 is 22.6 Å². The Morgan fingerprint density at radius 1 is 1.39 bits per heavy atom. The quantitative estimate of drug-likeness (QED) is 0.621. The lowest BCUT2D eigenvalue weighted by molar-refractivity contribution is -0.142. The molecule has 0 radical (unpaired) electrons. The number of amides is 1. The number of rotatable bonds is 5.